The minimum atomic E-state index is -1.68. The highest BCUT2D eigenvalue weighted by Crippen LogP contribution is 2.51. The Balaban J connectivity index is 1.74. The molecule has 10 amide bonds. The van der Waals surface area contributed by atoms with Gasteiger partial charge in [-0.2, -0.15) is 0 Å². The Hall–Kier alpha value is -4.37. The lowest BCUT2D eigenvalue weighted by atomic mass is 9.68. The van der Waals surface area contributed by atoms with E-state index in [9.17, 15) is 43.2 Å². The Morgan fingerprint density at radius 3 is 1.02 bits per heavy atom. The number of carbonyl (C=O) groups excluding carboxylic acids is 9. The second kappa shape index (κ2) is 12.1. The summed E-state index contributed by atoms with van der Waals surface area (Å²) in [5.74, 6) is -4.20. The normalized spacial score (nSPS) is 24.3. The van der Waals surface area contributed by atoms with Gasteiger partial charge in [0, 0.05) is 82.5 Å². The summed E-state index contributed by atoms with van der Waals surface area (Å²) >= 11 is 0. The fraction of sp³-hybridized carbons (Fsp3) is 0.743. The quantitative estimate of drug-likeness (QED) is 0.303. The maximum atomic E-state index is 14.5. The lowest BCUT2D eigenvalue weighted by Gasteiger charge is -2.58. The van der Waals surface area contributed by atoms with Crippen LogP contribution in [0.15, 0.2) is 0 Å². The molecule has 0 unspecified atom stereocenters. The molecule has 0 atom stereocenters. The molecular formula is C35H52N6O10. The van der Waals surface area contributed by atoms with Crippen LogP contribution in [0.3, 0.4) is 0 Å². The molecule has 2 spiro atoms. The van der Waals surface area contributed by atoms with E-state index < -0.39 is 94.1 Å². The Labute approximate surface area is 298 Å². The minimum Gasteiger partial charge on any atom is -0.459 e. The molecule has 0 aromatic carbocycles. The van der Waals surface area contributed by atoms with Crippen molar-refractivity contribution in [3.63, 3.8) is 0 Å². The van der Waals surface area contributed by atoms with E-state index in [4.69, 9.17) is 4.74 Å². The van der Waals surface area contributed by atoms with Gasteiger partial charge >= 0.3 is 18.0 Å². The largest absolute Gasteiger partial charge is 0.459 e. The lowest BCUT2D eigenvalue weighted by Crippen LogP contribution is -2.71. The molecule has 0 saturated carbocycles. The fourth-order valence-electron chi connectivity index (χ4n) is 10.7. The number of urea groups is 2. The number of imide groups is 4. The third kappa shape index (κ3) is 6.07. The van der Waals surface area contributed by atoms with Gasteiger partial charge in [0.05, 0.1) is 13.1 Å². The molecule has 0 aromatic rings. The second-order valence-corrected chi connectivity index (χ2v) is 17.1. The van der Waals surface area contributed by atoms with Crippen molar-refractivity contribution < 1.29 is 47.9 Å². The molecule has 4 saturated heterocycles. The zero-order valence-electron chi connectivity index (χ0n) is 32.1. The van der Waals surface area contributed by atoms with Crippen LogP contribution in [0.2, 0.25) is 0 Å². The van der Waals surface area contributed by atoms with E-state index in [2.05, 4.69) is 0 Å². The lowest BCUT2D eigenvalue weighted by molar-refractivity contribution is -0.164. The number of rotatable bonds is 5. The number of piperidine rings is 2. The summed E-state index contributed by atoms with van der Waals surface area (Å²) in [5, 5.41) is 0. The zero-order valence-corrected chi connectivity index (χ0v) is 32.1. The number of likely N-dealkylation sites (tertiary alicyclic amines) is 2. The summed E-state index contributed by atoms with van der Waals surface area (Å²) < 4.78 is 5.53. The Bertz CT molecular complexity index is 1480. The Morgan fingerprint density at radius 2 is 0.804 bits per heavy atom. The van der Waals surface area contributed by atoms with Gasteiger partial charge in [0.25, 0.3) is 11.8 Å². The van der Waals surface area contributed by atoms with Crippen molar-refractivity contribution in [2.45, 2.75) is 155 Å². The van der Waals surface area contributed by atoms with E-state index in [1.165, 1.54) is 13.8 Å². The Morgan fingerprint density at radius 1 is 0.529 bits per heavy atom. The van der Waals surface area contributed by atoms with E-state index in [-0.39, 0.29) is 37.5 Å². The molecule has 0 N–H and O–H groups in total. The topological polar surface area (TPSA) is 182 Å². The molecule has 4 aliphatic heterocycles. The van der Waals surface area contributed by atoms with Crippen LogP contribution in [0.4, 0.5) is 9.59 Å². The molecule has 4 aliphatic rings. The summed E-state index contributed by atoms with van der Waals surface area (Å²) in [4.78, 5) is 128. The van der Waals surface area contributed by atoms with Gasteiger partial charge in [0.1, 0.15) is 17.2 Å². The van der Waals surface area contributed by atoms with Crippen molar-refractivity contribution in [1.29, 1.82) is 0 Å². The van der Waals surface area contributed by atoms with Gasteiger partial charge in [-0.1, -0.05) is 0 Å². The van der Waals surface area contributed by atoms with Crippen molar-refractivity contribution in [2.75, 3.05) is 13.1 Å². The summed E-state index contributed by atoms with van der Waals surface area (Å²) in [6.07, 6.45) is -1.70. The fourth-order valence-corrected chi connectivity index (χ4v) is 10.7. The number of hydrogen-bond acceptors (Lipinski definition) is 10. The molecule has 4 heterocycles. The average Bonchev–Trinajstić information content (AvgIpc) is 3.18. The minimum absolute atomic E-state index is 0.0655. The van der Waals surface area contributed by atoms with E-state index >= 15 is 0 Å². The molecule has 282 valence electrons. The predicted octanol–water partition coefficient (Wildman–Crippen LogP) is 2.42. The van der Waals surface area contributed by atoms with Crippen LogP contribution in [0.1, 0.15) is 116 Å². The SMILES string of the molecule is CC(=O)OC(CN1C(=O)N(C(C)=O)C2(CC(C)(C)N(C(C)=O)C(C)(C)C2)C1=O)CN1C(=O)N(C(C)=O)C2(CC(C)(C)N(C(C)=O)C(C)(C)C2)C1=O. The first-order chi connectivity index (χ1) is 23.0. The van der Waals surface area contributed by atoms with E-state index in [0.29, 0.717) is 0 Å². The number of amides is 10. The molecule has 51 heavy (non-hydrogen) atoms. The molecule has 4 rings (SSSR count). The van der Waals surface area contributed by atoms with Gasteiger partial charge in [0.15, 0.2) is 0 Å². The monoisotopic (exact) mass is 716 g/mol. The second-order valence-electron chi connectivity index (χ2n) is 17.1. The first-order valence-corrected chi connectivity index (χ1v) is 17.1. The van der Waals surface area contributed by atoms with Crippen molar-refractivity contribution in [3.8, 4) is 0 Å². The highest BCUT2D eigenvalue weighted by molar-refractivity contribution is 6.15. The molecule has 16 heteroatoms. The van der Waals surface area contributed by atoms with Gasteiger partial charge in [-0.15, -0.1) is 0 Å². The highest BCUT2D eigenvalue weighted by atomic mass is 16.5. The first kappa shape index (κ1) is 39.4. The highest BCUT2D eigenvalue weighted by Gasteiger charge is 2.69. The predicted molar refractivity (Wildman–Crippen MR) is 180 cm³/mol. The third-order valence-electron chi connectivity index (χ3n) is 10.7. The number of carbonyl (C=O) groups is 9. The molecule has 16 nitrogen and oxygen atoms in total. The average molecular weight is 717 g/mol. The standard InChI is InChI=1S/C35H52N6O10/c1-20(42)38-28(49)36(26(47)34(38)16-30(6,7)40(22(3)44)31(8,9)17-34)14-25(51-24(5)46)15-37-27(48)35(39(21(2)43)29(37)50)18-32(10,11)41(23(4)45)33(12,13)19-35/h25H,14-19H2,1-13H3. The van der Waals surface area contributed by atoms with E-state index in [1.54, 1.807) is 65.2 Å². The van der Waals surface area contributed by atoms with Crippen LogP contribution < -0.4 is 0 Å². The van der Waals surface area contributed by atoms with Gasteiger partial charge in [0.2, 0.25) is 23.6 Å². The summed E-state index contributed by atoms with van der Waals surface area (Å²) in [5.41, 5.74) is -7.25. The van der Waals surface area contributed by atoms with Crippen LogP contribution in [0.5, 0.6) is 0 Å². The van der Waals surface area contributed by atoms with Crippen LogP contribution in [0, 0.1) is 0 Å². The van der Waals surface area contributed by atoms with Crippen LogP contribution in [0.25, 0.3) is 0 Å². The number of nitrogens with zero attached hydrogens (tertiary/aromatic N) is 6. The molecule has 0 aliphatic carbocycles. The molecule has 0 aromatic heterocycles. The smallest absolute Gasteiger partial charge is 0.334 e. The molecule has 0 bridgehead atoms. The van der Waals surface area contributed by atoms with E-state index in [0.717, 1.165) is 40.4 Å². The van der Waals surface area contributed by atoms with E-state index in [1.807, 2.05) is 0 Å². The van der Waals surface area contributed by atoms with Crippen molar-refractivity contribution in [3.05, 3.63) is 0 Å². The molecule has 4 fully saturated rings. The number of esters is 1. The van der Waals surface area contributed by atoms with Crippen molar-refractivity contribution in [2.24, 2.45) is 0 Å². The van der Waals surface area contributed by atoms with Crippen molar-refractivity contribution in [1.82, 2.24) is 29.4 Å². The van der Waals surface area contributed by atoms with Crippen molar-refractivity contribution >= 4 is 53.5 Å². The Kier molecular flexibility index (Phi) is 9.36. The number of hydrogen-bond donors (Lipinski definition) is 0. The summed E-state index contributed by atoms with van der Waals surface area (Å²) in [7, 11) is 0. The summed E-state index contributed by atoms with van der Waals surface area (Å²) in [6, 6.07) is -1.93. The first-order valence-electron chi connectivity index (χ1n) is 17.1. The number of ether oxygens (including phenoxy) is 1. The maximum absolute atomic E-state index is 14.5. The summed E-state index contributed by atoms with van der Waals surface area (Å²) in [6.45, 7) is 19.0. The third-order valence-corrected chi connectivity index (χ3v) is 10.7. The van der Waals surface area contributed by atoms with Crippen LogP contribution >= 0.6 is 0 Å². The van der Waals surface area contributed by atoms with Crippen LogP contribution in [-0.2, 0) is 38.3 Å². The molecular weight excluding hydrogens is 664 g/mol. The van der Waals surface area contributed by atoms with Gasteiger partial charge in [-0.05, 0) is 55.4 Å². The van der Waals surface area contributed by atoms with Gasteiger partial charge < -0.3 is 14.5 Å². The van der Waals surface area contributed by atoms with Crippen LogP contribution in [-0.4, -0.2) is 135 Å². The zero-order chi connectivity index (χ0) is 39.2. The van der Waals surface area contributed by atoms with Gasteiger partial charge in [-0.3, -0.25) is 43.4 Å². The van der Waals surface area contributed by atoms with Gasteiger partial charge in [-0.25, -0.2) is 19.4 Å². The molecule has 0 radical (unpaired) electrons. The maximum Gasteiger partial charge on any atom is 0.334 e.